The Labute approximate surface area is 229 Å². The van der Waals surface area contributed by atoms with Crippen molar-refractivity contribution in [1.82, 2.24) is 4.98 Å². The Balaban J connectivity index is 1.33. The maximum atomic E-state index is 9.73. The molecular formula is C33H34ClNOS. The van der Waals surface area contributed by atoms with Gasteiger partial charge in [-0.3, -0.25) is 0 Å². The van der Waals surface area contributed by atoms with Gasteiger partial charge in [0.2, 0.25) is 0 Å². The van der Waals surface area contributed by atoms with Gasteiger partial charge in [0.25, 0.3) is 0 Å². The molecule has 0 spiro atoms. The number of aryl methyl sites for hydroxylation is 1. The molecule has 1 aromatic heterocycles. The van der Waals surface area contributed by atoms with Gasteiger partial charge in [0, 0.05) is 28.2 Å². The lowest BCUT2D eigenvalue weighted by molar-refractivity contribution is 0.272. The highest BCUT2D eigenvalue weighted by Gasteiger charge is 2.24. The van der Waals surface area contributed by atoms with Gasteiger partial charge >= 0.3 is 0 Å². The quantitative estimate of drug-likeness (QED) is 0.211. The molecule has 0 amide bonds. The Morgan fingerprint density at radius 1 is 1.00 bits per heavy atom. The Hall–Kier alpha value is -2.59. The zero-order valence-corrected chi connectivity index (χ0v) is 22.9. The Morgan fingerprint density at radius 2 is 1.84 bits per heavy atom. The molecule has 0 saturated heterocycles. The number of aliphatic hydroxyl groups excluding tert-OH is 1. The fourth-order valence-corrected chi connectivity index (χ4v) is 6.38. The second kappa shape index (κ2) is 12.3. The molecule has 0 aliphatic heterocycles. The van der Waals surface area contributed by atoms with Crippen LogP contribution in [0.3, 0.4) is 0 Å². The number of thioether (sulfide) groups is 1. The van der Waals surface area contributed by atoms with Gasteiger partial charge in [-0.2, -0.15) is 11.8 Å². The molecule has 1 fully saturated rings. The SMILES string of the molecule is C[C@@H](CO)c1ccccc1CCC(SCC1CC1)c1cccc(C=Cc2ccc3ccc(Cl)cc3n2)c1. The van der Waals surface area contributed by atoms with Crippen LogP contribution in [0.25, 0.3) is 23.1 Å². The molecule has 5 rings (SSSR count). The predicted octanol–water partition coefficient (Wildman–Crippen LogP) is 8.97. The number of aromatic nitrogens is 1. The van der Waals surface area contributed by atoms with Crippen LogP contribution in [0.4, 0.5) is 0 Å². The zero-order valence-electron chi connectivity index (χ0n) is 21.3. The molecule has 1 heterocycles. The van der Waals surface area contributed by atoms with Gasteiger partial charge in [-0.25, -0.2) is 4.98 Å². The maximum absolute atomic E-state index is 9.73. The summed E-state index contributed by atoms with van der Waals surface area (Å²) in [6, 6.07) is 27.5. The highest BCUT2D eigenvalue weighted by Crippen LogP contribution is 2.41. The topological polar surface area (TPSA) is 33.1 Å². The first-order valence-corrected chi connectivity index (χ1v) is 14.7. The average Bonchev–Trinajstić information content (AvgIpc) is 3.76. The molecular weight excluding hydrogens is 494 g/mol. The Kier molecular flexibility index (Phi) is 8.66. The van der Waals surface area contributed by atoms with E-state index in [0.29, 0.717) is 10.3 Å². The summed E-state index contributed by atoms with van der Waals surface area (Å²) in [4.78, 5) is 4.76. The molecule has 0 radical (unpaired) electrons. The third-order valence-electron chi connectivity index (χ3n) is 7.17. The van der Waals surface area contributed by atoms with Crippen LogP contribution in [-0.4, -0.2) is 22.5 Å². The third-order valence-corrected chi connectivity index (χ3v) is 8.98. The lowest BCUT2D eigenvalue weighted by Gasteiger charge is -2.20. The van der Waals surface area contributed by atoms with Gasteiger partial charge in [-0.05, 0) is 83.9 Å². The lowest BCUT2D eigenvalue weighted by Crippen LogP contribution is -2.05. The molecule has 2 atom stereocenters. The first-order valence-electron chi connectivity index (χ1n) is 13.2. The summed E-state index contributed by atoms with van der Waals surface area (Å²) in [6.45, 7) is 2.29. The van der Waals surface area contributed by atoms with Crippen LogP contribution in [-0.2, 0) is 6.42 Å². The van der Waals surface area contributed by atoms with Crippen molar-refractivity contribution in [3.63, 3.8) is 0 Å². The van der Waals surface area contributed by atoms with Crippen LogP contribution < -0.4 is 0 Å². The van der Waals surface area contributed by atoms with Crippen molar-refractivity contribution in [3.05, 3.63) is 112 Å². The summed E-state index contributed by atoms with van der Waals surface area (Å²) in [7, 11) is 0. The van der Waals surface area contributed by atoms with E-state index in [1.54, 1.807) is 0 Å². The van der Waals surface area contributed by atoms with E-state index in [4.69, 9.17) is 16.6 Å². The minimum absolute atomic E-state index is 0.168. The first-order chi connectivity index (χ1) is 18.1. The van der Waals surface area contributed by atoms with Crippen LogP contribution in [0.5, 0.6) is 0 Å². The smallest absolute Gasteiger partial charge is 0.0724 e. The first kappa shape index (κ1) is 26.0. The Bertz CT molecular complexity index is 1380. The van der Waals surface area contributed by atoms with Crippen molar-refractivity contribution in [1.29, 1.82) is 0 Å². The fourth-order valence-electron chi connectivity index (χ4n) is 4.75. The standard InChI is InChI=1S/C33H34ClNOS/c1-23(21-36)31-8-3-2-6-26(31)14-18-33(37-22-25-9-10-25)28-7-4-5-24(19-28)11-16-30-17-13-27-12-15-29(34)20-32(27)35-30/h2-8,11-13,15-17,19-20,23,25,33,36H,9-10,14,18,21-22H2,1H3/t23-,33?/m0/s1. The number of nitrogens with zero attached hydrogens (tertiary/aromatic N) is 1. The lowest BCUT2D eigenvalue weighted by atomic mass is 9.92. The van der Waals surface area contributed by atoms with Crippen molar-refractivity contribution in [2.75, 3.05) is 12.4 Å². The number of halogens is 1. The van der Waals surface area contributed by atoms with Crippen LogP contribution in [0.15, 0.2) is 78.9 Å². The molecule has 1 aliphatic rings. The number of aliphatic hydroxyl groups is 1. The number of hydrogen-bond donors (Lipinski definition) is 1. The number of rotatable bonds is 11. The van der Waals surface area contributed by atoms with Gasteiger partial charge in [0.15, 0.2) is 0 Å². The van der Waals surface area contributed by atoms with Crippen molar-refractivity contribution in [3.8, 4) is 0 Å². The minimum Gasteiger partial charge on any atom is -0.396 e. The van der Waals surface area contributed by atoms with Gasteiger partial charge < -0.3 is 5.11 Å². The van der Waals surface area contributed by atoms with E-state index in [1.807, 2.05) is 18.2 Å². The molecule has 3 aromatic carbocycles. The van der Waals surface area contributed by atoms with E-state index in [1.165, 1.54) is 40.8 Å². The van der Waals surface area contributed by atoms with E-state index in [0.717, 1.165) is 35.4 Å². The molecule has 1 N–H and O–H groups in total. The highest BCUT2D eigenvalue weighted by atomic mass is 35.5. The maximum Gasteiger partial charge on any atom is 0.0724 e. The second-order valence-electron chi connectivity index (χ2n) is 10.2. The van der Waals surface area contributed by atoms with Crippen molar-refractivity contribution in [2.45, 2.75) is 43.8 Å². The summed E-state index contributed by atoms with van der Waals surface area (Å²) < 4.78 is 0. The third kappa shape index (κ3) is 7.04. The number of fused-ring (bicyclic) bond motifs is 1. The van der Waals surface area contributed by atoms with E-state index in [-0.39, 0.29) is 12.5 Å². The molecule has 0 bridgehead atoms. The second-order valence-corrected chi connectivity index (χ2v) is 11.8. The molecule has 2 nitrogen and oxygen atoms in total. The molecule has 4 heteroatoms. The summed E-state index contributed by atoms with van der Waals surface area (Å²) in [5.74, 6) is 2.30. The minimum atomic E-state index is 0.168. The molecule has 37 heavy (non-hydrogen) atoms. The number of hydrogen-bond acceptors (Lipinski definition) is 3. The van der Waals surface area contributed by atoms with Crippen LogP contribution >= 0.6 is 23.4 Å². The summed E-state index contributed by atoms with van der Waals surface area (Å²) in [5.41, 5.74) is 7.05. The molecule has 1 saturated carbocycles. The predicted molar refractivity (Wildman–Crippen MR) is 160 cm³/mol. The van der Waals surface area contributed by atoms with Crippen molar-refractivity contribution >= 4 is 46.4 Å². The molecule has 190 valence electrons. The average molecular weight is 528 g/mol. The monoisotopic (exact) mass is 527 g/mol. The van der Waals surface area contributed by atoms with E-state index in [9.17, 15) is 5.11 Å². The summed E-state index contributed by atoms with van der Waals surface area (Å²) in [5, 5.41) is 12.0. The highest BCUT2D eigenvalue weighted by molar-refractivity contribution is 7.99. The molecule has 4 aromatic rings. The van der Waals surface area contributed by atoms with Crippen LogP contribution in [0.1, 0.15) is 65.3 Å². The van der Waals surface area contributed by atoms with Gasteiger partial charge in [0.05, 0.1) is 11.2 Å². The van der Waals surface area contributed by atoms with Gasteiger partial charge in [0.1, 0.15) is 0 Å². The van der Waals surface area contributed by atoms with E-state index < -0.39 is 0 Å². The van der Waals surface area contributed by atoms with Crippen LogP contribution in [0.2, 0.25) is 5.02 Å². The summed E-state index contributed by atoms with van der Waals surface area (Å²) in [6.07, 6.45) is 9.10. The van der Waals surface area contributed by atoms with Crippen molar-refractivity contribution in [2.24, 2.45) is 5.92 Å². The van der Waals surface area contributed by atoms with Gasteiger partial charge in [-0.1, -0.05) is 85.3 Å². The Morgan fingerprint density at radius 3 is 2.68 bits per heavy atom. The summed E-state index contributed by atoms with van der Waals surface area (Å²) >= 11 is 8.28. The van der Waals surface area contributed by atoms with Crippen LogP contribution in [0, 0.1) is 5.92 Å². The fraction of sp³-hybridized carbons (Fsp3) is 0.303. The normalized spacial score (nSPS) is 15.3. The zero-order chi connectivity index (χ0) is 25.6. The van der Waals surface area contributed by atoms with E-state index in [2.05, 4.69) is 91.5 Å². The largest absolute Gasteiger partial charge is 0.396 e. The molecule has 1 unspecified atom stereocenters. The number of benzene rings is 3. The van der Waals surface area contributed by atoms with E-state index >= 15 is 0 Å². The van der Waals surface area contributed by atoms with Crippen molar-refractivity contribution < 1.29 is 5.11 Å². The number of pyridine rings is 1. The molecule has 1 aliphatic carbocycles. The van der Waals surface area contributed by atoms with Gasteiger partial charge in [-0.15, -0.1) is 0 Å².